The lowest BCUT2D eigenvalue weighted by Gasteiger charge is -2.21. The second-order valence-electron chi connectivity index (χ2n) is 6.31. The lowest BCUT2D eigenvalue weighted by atomic mass is 9.93. The van der Waals surface area contributed by atoms with Crippen LogP contribution >= 0.6 is 0 Å². The van der Waals surface area contributed by atoms with Crippen LogP contribution in [0.4, 0.5) is 4.39 Å². The Kier molecular flexibility index (Phi) is 5.59. The molecule has 1 aliphatic carbocycles. The van der Waals surface area contributed by atoms with Crippen molar-refractivity contribution in [1.29, 1.82) is 0 Å². The molecule has 0 saturated heterocycles. The fourth-order valence-corrected chi connectivity index (χ4v) is 3.51. The number of hydrogen-bond donors (Lipinski definition) is 1. The van der Waals surface area contributed by atoms with Gasteiger partial charge in [0, 0.05) is 6.04 Å². The number of benzene rings is 1. The van der Waals surface area contributed by atoms with Crippen molar-refractivity contribution < 1.29 is 4.39 Å². The molecule has 1 aromatic carbocycles. The molecule has 0 heterocycles. The number of nitrogens with one attached hydrogen (secondary N) is 1. The first-order valence-corrected chi connectivity index (χ1v) is 8.11. The predicted molar refractivity (Wildman–Crippen MR) is 83.5 cm³/mol. The molecule has 1 unspecified atom stereocenters. The molecule has 1 saturated carbocycles. The predicted octanol–water partition coefficient (Wildman–Crippen LogP) is 5.06. The topological polar surface area (TPSA) is 12.0 Å². The third-order valence-electron chi connectivity index (χ3n) is 4.65. The van der Waals surface area contributed by atoms with Gasteiger partial charge in [-0.05, 0) is 55.8 Å². The van der Waals surface area contributed by atoms with Gasteiger partial charge in [-0.1, -0.05) is 44.7 Å². The molecule has 0 bridgehead atoms. The summed E-state index contributed by atoms with van der Waals surface area (Å²) in [5, 5.41) is 3.57. The van der Waals surface area contributed by atoms with Gasteiger partial charge in [-0.25, -0.2) is 4.39 Å². The Labute approximate surface area is 123 Å². The molecule has 0 radical (unpaired) electrons. The van der Waals surface area contributed by atoms with Crippen LogP contribution in [0.1, 0.15) is 68.2 Å². The zero-order valence-corrected chi connectivity index (χ0v) is 13.1. The highest BCUT2D eigenvalue weighted by Crippen LogP contribution is 2.32. The average Bonchev–Trinajstić information content (AvgIpc) is 2.93. The molecule has 0 aromatic heterocycles. The number of halogens is 1. The minimum Gasteiger partial charge on any atom is -0.310 e. The van der Waals surface area contributed by atoms with Crippen LogP contribution in [0, 0.1) is 25.6 Å². The lowest BCUT2D eigenvalue weighted by Crippen LogP contribution is -2.22. The van der Waals surface area contributed by atoms with Gasteiger partial charge in [-0.3, -0.25) is 0 Å². The van der Waals surface area contributed by atoms with E-state index >= 15 is 0 Å². The minimum absolute atomic E-state index is 0.0557. The van der Waals surface area contributed by atoms with Crippen LogP contribution < -0.4 is 5.32 Å². The van der Waals surface area contributed by atoms with Crippen molar-refractivity contribution in [2.45, 2.75) is 65.3 Å². The van der Waals surface area contributed by atoms with Crippen molar-refractivity contribution >= 4 is 0 Å². The van der Waals surface area contributed by atoms with Gasteiger partial charge < -0.3 is 5.32 Å². The smallest absolute Gasteiger partial charge is 0.129 e. The fraction of sp³-hybridized carbons (Fsp3) is 0.667. The van der Waals surface area contributed by atoms with E-state index < -0.39 is 0 Å². The Bertz CT molecular complexity index is 412. The summed E-state index contributed by atoms with van der Waals surface area (Å²) >= 11 is 0. The highest BCUT2D eigenvalue weighted by atomic mass is 19.1. The molecular formula is C18H28FN. The molecule has 1 aromatic rings. The van der Waals surface area contributed by atoms with Crippen LogP contribution in [-0.2, 0) is 0 Å². The molecule has 1 fully saturated rings. The van der Waals surface area contributed by atoms with Gasteiger partial charge >= 0.3 is 0 Å². The van der Waals surface area contributed by atoms with Crippen molar-refractivity contribution in [3.8, 4) is 0 Å². The maximum Gasteiger partial charge on any atom is 0.129 e. The van der Waals surface area contributed by atoms with Gasteiger partial charge in [-0.15, -0.1) is 0 Å². The average molecular weight is 277 g/mol. The summed E-state index contributed by atoms with van der Waals surface area (Å²) < 4.78 is 13.8. The largest absolute Gasteiger partial charge is 0.310 e. The van der Waals surface area contributed by atoms with Crippen molar-refractivity contribution in [3.63, 3.8) is 0 Å². The third kappa shape index (κ3) is 3.82. The summed E-state index contributed by atoms with van der Waals surface area (Å²) in [5.74, 6) is 0.860. The van der Waals surface area contributed by atoms with Gasteiger partial charge in [0.05, 0.1) is 0 Å². The van der Waals surface area contributed by atoms with Crippen LogP contribution in [0.25, 0.3) is 0 Å². The molecule has 1 nitrogen and oxygen atoms in total. The number of hydrogen-bond acceptors (Lipinski definition) is 1. The van der Waals surface area contributed by atoms with E-state index in [9.17, 15) is 4.39 Å². The molecule has 2 rings (SSSR count). The summed E-state index contributed by atoms with van der Waals surface area (Å²) in [4.78, 5) is 0. The molecule has 0 amide bonds. The van der Waals surface area contributed by atoms with Gasteiger partial charge in [0.15, 0.2) is 0 Å². The zero-order valence-electron chi connectivity index (χ0n) is 13.1. The lowest BCUT2D eigenvalue weighted by molar-refractivity contribution is 0.416. The summed E-state index contributed by atoms with van der Waals surface area (Å²) in [6.07, 6.45) is 8.09. The van der Waals surface area contributed by atoms with Crippen LogP contribution in [0.3, 0.4) is 0 Å². The van der Waals surface area contributed by atoms with E-state index in [-0.39, 0.29) is 5.82 Å². The summed E-state index contributed by atoms with van der Waals surface area (Å²) in [6, 6.07) is 4.41. The van der Waals surface area contributed by atoms with Crippen molar-refractivity contribution in [2.75, 3.05) is 6.54 Å². The molecule has 0 spiro atoms. The molecule has 1 atom stereocenters. The maximum absolute atomic E-state index is 13.8. The minimum atomic E-state index is -0.0557. The van der Waals surface area contributed by atoms with E-state index in [1.165, 1.54) is 44.1 Å². The van der Waals surface area contributed by atoms with Crippen LogP contribution in [0.5, 0.6) is 0 Å². The maximum atomic E-state index is 13.8. The molecule has 1 aliphatic rings. The standard InChI is InChI=1S/C18H28FN/c1-4-20-17(10-9-15-7-5-6-8-15)16-11-13(2)18(19)14(3)12-16/h11-12,15,17,20H,4-10H2,1-3H3. The molecular weight excluding hydrogens is 249 g/mol. The molecule has 20 heavy (non-hydrogen) atoms. The van der Waals surface area contributed by atoms with Crippen LogP contribution in [0.2, 0.25) is 0 Å². The van der Waals surface area contributed by atoms with Crippen LogP contribution in [0.15, 0.2) is 12.1 Å². The van der Waals surface area contributed by atoms with Gasteiger partial charge in [0.2, 0.25) is 0 Å². The highest BCUT2D eigenvalue weighted by Gasteiger charge is 2.19. The van der Waals surface area contributed by atoms with E-state index in [2.05, 4.69) is 12.2 Å². The normalized spacial score (nSPS) is 17.6. The summed E-state index contributed by atoms with van der Waals surface area (Å²) in [7, 11) is 0. The Morgan fingerprint density at radius 1 is 1.20 bits per heavy atom. The van der Waals surface area contributed by atoms with E-state index in [0.717, 1.165) is 23.6 Å². The van der Waals surface area contributed by atoms with Crippen molar-refractivity contribution in [2.24, 2.45) is 5.92 Å². The van der Waals surface area contributed by atoms with Gasteiger partial charge in [0.25, 0.3) is 0 Å². The second kappa shape index (κ2) is 7.21. The van der Waals surface area contributed by atoms with Crippen molar-refractivity contribution in [1.82, 2.24) is 5.32 Å². The van der Waals surface area contributed by atoms with Crippen LogP contribution in [-0.4, -0.2) is 6.54 Å². The van der Waals surface area contributed by atoms with Gasteiger partial charge in [-0.2, -0.15) is 0 Å². The third-order valence-corrected chi connectivity index (χ3v) is 4.65. The first-order chi connectivity index (χ1) is 9.61. The molecule has 1 N–H and O–H groups in total. The first-order valence-electron chi connectivity index (χ1n) is 8.11. The summed E-state index contributed by atoms with van der Waals surface area (Å²) in [6.45, 7) is 6.84. The monoisotopic (exact) mass is 277 g/mol. The summed E-state index contributed by atoms with van der Waals surface area (Å²) in [5.41, 5.74) is 2.79. The Hall–Kier alpha value is -0.890. The Morgan fingerprint density at radius 2 is 1.80 bits per heavy atom. The Balaban J connectivity index is 2.06. The SMILES string of the molecule is CCNC(CCC1CCCC1)c1cc(C)c(F)c(C)c1. The highest BCUT2D eigenvalue weighted by molar-refractivity contribution is 5.32. The Morgan fingerprint density at radius 3 is 2.35 bits per heavy atom. The number of rotatable bonds is 6. The van der Waals surface area contributed by atoms with Gasteiger partial charge in [0.1, 0.15) is 5.82 Å². The quantitative estimate of drug-likeness (QED) is 0.766. The van der Waals surface area contributed by atoms with Crippen molar-refractivity contribution in [3.05, 3.63) is 34.6 Å². The van der Waals surface area contributed by atoms with E-state index in [0.29, 0.717) is 6.04 Å². The van der Waals surface area contributed by atoms with E-state index in [1.807, 2.05) is 26.0 Å². The number of aryl methyl sites for hydroxylation is 2. The fourth-order valence-electron chi connectivity index (χ4n) is 3.51. The molecule has 0 aliphatic heterocycles. The zero-order chi connectivity index (χ0) is 14.5. The van der Waals surface area contributed by atoms with E-state index in [1.54, 1.807) is 0 Å². The van der Waals surface area contributed by atoms with E-state index in [4.69, 9.17) is 0 Å². The second-order valence-corrected chi connectivity index (χ2v) is 6.31. The molecule has 112 valence electrons. The first kappa shape index (κ1) is 15.5. The molecule has 2 heteroatoms.